The van der Waals surface area contributed by atoms with Crippen LogP contribution in [0.3, 0.4) is 0 Å². The first-order valence-electron chi connectivity index (χ1n) is 5.80. The molecule has 0 aliphatic carbocycles. The lowest BCUT2D eigenvalue weighted by Crippen LogP contribution is -2.17. The first-order valence-corrected chi connectivity index (χ1v) is 7.41. The summed E-state index contributed by atoms with van der Waals surface area (Å²) in [7, 11) is 0. The molecule has 1 N–H and O–H groups in total. The molecular weight excluding hydrogens is 313 g/mol. The fraction of sp³-hybridized carbons (Fsp3) is 0.286. The van der Waals surface area contributed by atoms with Crippen LogP contribution in [0.5, 0.6) is 0 Å². The first-order chi connectivity index (χ1) is 8.56. The van der Waals surface area contributed by atoms with Crippen LogP contribution in [0.4, 0.5) is 4.39 Å². The molecule has 1 atom stereocenters. The Morgan fingerprint density at radius 2 is 2.11 bits per heavy atom. The van der Waals surface area contributed by atoms with E-state index >= 15 is 0 Å². The van der Waals surface area contributed by atoms with Gasteiger partial charge in [-0.05, 0) is 43.7 Å². The minimum absolute atomic E-state index is 0.183. The van der Waals surface area contributed by atoms with Gasteiger partial charge in [0.1, 0.15) is 5.82 Å². The summed E-state index contributed by atoms with van der Waals surface area (Å²) in [4.78, 5) is 2.64. The Labute approximate surface area is 119 Å². The molecule has 0 amide bonds. The molecule has 0 bridgehead atoms. The smallest absolute Gasteiger partial charge is 0.124 e. The average molecular weight is 328 g/mol. The molecule has 4 heteroatoms. The van der Waals surface area contributed by atoms with Crippen LogP contribution in [0.2, 0.25) is 0 Å². The number of nitrogens with one attached hydrogen (secondary N) is 1. The van der Waals surface area contributed by atoms with E-state index in [-0.39, 0.29) is 11.9 Å². The maximum atomic E-state index is 13.0. The van der Waals surface area contributed by atoms with Crippen LogP contribution < -0.4 is 5.32 Å². The van der Waals surface area contributed by atoms with Crippen molar-refractivity contribution in [2.75, 3.05) is 0 Å². The third kappa shape index (κ3) is 3.40. The van der Waals surface area contributed by atoms with Crippen LogP contribution in [-0.4, -0.2) is 0 Å². The molecule has 0 spiro atoms. The third-order valence-corrected chi connectivity index (χ3v) is 4.49. The minimum atomic E-state index is -0.216. The second-order valence-corrected chi connectivity index (χ2v) is 6.51. The van der Waals surface area contributed by atoms with Crippen molar-refractivity contribution in [2.45, 2.75) is 26.4 Å². The monoisotopic (exact) mass is 327 g/mol. The standard InChI is InChI=1S/C14H15BrFNS/c1-9-3-5-12(18-9)8-17-10(2)13-6-4-11(16)7-14(13)15/h3-7,10,17H,8H2,1-2H3. The fourth-order valence-electron chi connectivity index (χ4n) is 1.80. The van der Waals surface area contributed by atoms with Gasteiger partial charge >= 0.3 is 0 Å². The quantitative estimate of drug-likeness (QED) is 0.849. The summed E-state index contributed by atoms with van der Waals surface area (Å²) in [6.07, 6.45) is 0. The fourth-order valence-corrected chi connectivity index (χ4v) is 3.33. The van der Waals surface area contributed by atoms with Gasteiger partial charge in [-0.3, -0.25) is 0 Å². The van der Waals surface area contributed by atoms with E-state index in [1.54, 1.807) is 11.3 Å². The number of halogens is 2. The summed E-state index contributed by atoms with van der Waals surface area (Å²) in [5.41, 5.74) is 1.07. The predicted molar refractivity (Wildman–Crippen MR) is 78.4 cm³/mol. The van der Waals surface area contributed by atoms with E-state index in [1.807, 2.05) is 6.07 Å². The third-order valence-electron chi connectivity index (χ3n) is 2.81. The van der Waals surface area contributed by atoms with Crippen LogP contribution in [0.1, 0.15) is 28.3 Å². The van der Waals surface area contributed by atoms with Crippen LogP contribution in [-0.2, 0) is 6.54 Å². The predicted octanol–water partition coefficient (Wildman–Crippen LogP) is 4.81. The van der Waals surface area contributed by atoms with Gasteiger partial charge < -0.3 is 5.32 Å². The summed E-state index contributed by atoms with van der Waals surface area (Å²) in [5.74, 6) is -0.216. The normalized spacial score (nSPS) is 12.7. The highest BCUT2D eigenvalue weighted by Crippen LogP contribution is 2.25. The highest BCUT2D eigenvalue weighted by Gasteiger charge is 2.10. The van der Waals surface area contributed by atoms with Gasteiger partial charge in [-0.1, -0.05) is 22.0 Å². The van der Waals surface area contributed by atoms with Crippen molar-refractivity contribution in [2.24, 2.45) is 0 Å². The highest BCUT2D eigenvalue weighted by molar-refractivity contribution is 9.10. The Bertz CT molecular complexity index is 538. The zero-order valence-corrected chi connectivity index (χ0v) is 12.7. The second-order valence-electron chi connectivity index (χ2n) is 4.28. The Hall–Kier alpha value is -0.710. The van der Waals surface area contributed by atoms with E-state index in [9.17, 15) is 4.39 Å². The van der Waals surface area contributed by atoms with Crippen molar-refractivity contribution in [1.29, 1.82) is 0 Å². The van der Waals surface area contributed by atoms with Gasteiger partial charge in [-0.2, -0.15) is 0 Å². The number of aryl methyl sites for hydroxylation is 1. The van der Waals surface area contributed by atoms with Gasteiger partial charge in [-0.15, -0.1) is 11.3 Å². The molecule has 2 rings (SSSR count). The van der Waals surface area contributed by atoms with Crippen LogP contribution in [0.25, 0.3) is 0 Å². The Morgan fingerprint density at radius 3 is 2.72 bits per heavy atom. The molecule has 0 radical (unpaired) electrons. The molecule has 1 heterocycles. The van der Waals surface area contributed by atoms with Gasteiger partial charge in [0.15, 0.2) is 0 Å². The molecule has 1 aromatic carbocycles. The zero-order valence-electron chi connectivity index (χ0n) is 10.3. The molecule has 18 heavy (non-hydrogen) atoms. The molecule has 0 fully saturated rings. The molecule has 1 unspecified atom stereocenters. The minimum Gasteiger partial charge on any atom is -0.305 e. The van der Waals surface area contributed by atoms with Crippen LogP contribution >= 0.6 is 27.3 Å². The topological polar surface area (TPSA) is 12.0 Å². The van der Waals surface area contributed by atoms with Gasteiger partial charge in [0, 0.05) is 26.8 Å². The van der Waals surface area contributed by atoms with Gasteiger partial charge in [-0.25, -0.2) is 4.39 Å². The van der Waals surface area contributed by atoms with E-state index in [4.69, 9.17) is 0 Å². The maximum absolute atomic E-state index is 13.0. The van der Waals surface area contributed by atoms with Gasteiger partial charge in [0.05, 0.1) is 0 Å². The Morgan fingerprint density at radius 1 is 1.33 bits per heavy atom. The summed E-state index contributed by atoms with van der Waals surface area (Å²) >= 11 is 5.20. The summed E-state index contributed by atoms with van der Waals surface area (Å²) in [6.45, 7) is 5.02. The molecule has 1 aromatic heterocycles. The van der Waals surface area contributed by atoms with E-state index in [1.165, 1.54) is 21.9 Å². The van der Waals surface area contributed by atoms with Gasteiger partial charge in [0.2, 0.25) is 0 Å². The van der Waals surface area contributed by atoms with E-state index in [2.05, 4.69) is 47.2 Å². The number of rotatable bonds is 4. The van der Waals surface area contributed by atoms with Crippen molar-refractivity contribution < 1.29 is 4.39 Å². The second kappa shape index (κ2) is 5.95. The lowest BCUT2D eigenvalue weighted by molar-refractivity contribution is 0.572. The Kier molecular flexibility index (Phi) is 4.54. The molecule has 0 saturated heterocycles. The van der Waals surface area contributed by atoms with Crippen molar-refractivity contribution in [3.63, 3.8) is 0 Å². The van der Waals surface area contributed by atoms with Crippen molar-refractivity contribution in [3.05, 3.63) is 55.9 Å². The summed E-state index contributed by atoms with van der Waals surface area (Å²) < 4.78 is 13.8. The SMILES string of the molecule is Cc1ccc(CNC(C)c2ccc(F)cc2Br)s1. The number of hydrogen-bond donors (Lipinski definition) is 1. The van der Waals surface area contributed by atoms with Crippen LogP contribution in [0.15, 0.2) is 34.8 Å². The molecule has 2 aromatic rings. The number of thiophene rings is 1. The highest BCUT2D eigenvalue weighted by atomic mass is 79.9. The first kappa shape index (κ1) is 13.7. The van der Waals surface area contributed by atoms with Crippen molar-refractivity contribution in [1.82, 2.24) is 5.32 Å². The summed E-state index contributed by atoms with van der Waals surface area (Å²) in [5, 5.41) is 3.45. The van der Waals surface area contributed by atoms with E-state index in [0.29, 0.717) is 0 Å². The molecule has 0 saturated carbocycles. The van der Waals surface area contributed by atoms with E-state index in [0.717, 1.165) is 16.6 Å². The molecule has 1 nitrogen and oxygen atoms in total. The van der Waals surface area contributed by atoms with E-state index < -0.39 is 0 Å². The molecule has 96 valence electrons. The lowest BCUT2D eigenvalue weighted by atomic mass is 10.1. The van der Waals surface area contributed by atoms with Crippen molar-refractivity contribution in [3.8, 4) is 0 Å². The Balaban J connectivity index is 2.01. The molecule has 0 aliphatic rings. The molecule has 0 aliphatic heterocycles. The van der Waals surface area contributed by atoms with Crippen molar-refractivity contribution >= 4 is 27.3 Å². The largest absolute Gasteiger partial charge is 0.305 e. The molecular formula is C14H15BrFNS. The lowest BCUT2D eigenvalue weighted by Gasteiger charge is -2.15. The number of hydrogen-bond acceptors (Lipinski definition) is 2. The zero-order chi connectivity index (χ0) is 13.1. The van der Waals surface area contributed by atoms with Crippen LogP contribution in [0, 0.1) is 12.7 Å². The summed E-state index contributed by atoms with van der Waals surface area (Å²) in [6, 6.07) is 9.26. The number of benzene rings is 1. The van der Waals surface area contributed by atoms with Gasteiger partial charge in [0.25, 0.3) is 0 Å². The maximum Gasteiger partial charge on any atom is 0.124 e. The average Bonchev–Trinajstić information content (AvgIpc) is 2.72.